The Balaban J connectivity index is 3.45. The molecule has 0 bridgehead atoms. The SMILES string of the molecule is CCOC(=O)c1c(OC)c[nH]c(=O)c1C(F)F. The Morgan fingerprint density at radius 1 is 1.53 bits per heavy atom. The number of esters is 1. The van der Waals surface area contributed by atoms with Gasteiger partial charge in [0.15, 0.2) is 0 Å². The third-order valence-electron chi connectivity index (χ3n) is 2.01. The Morgan fingerprint density at radius 2 is 2.18 bits per heavy atom. The molecule has 0 unspecified atom stereocenters. The molecule has 0 aliphatic carbocycles. The van der Waals surface area contributed by atoms with E-state index in [1.807, 2.05) is 0 Å². The molecule has 94 valence electrons. The summed E-state index contributed by atoms with van der Waals surface area (Å²) in [5.41, 5.74) is -2.51. The van der Waals surface area contributed by atoms with Crippen LogP contribution in [-0.4, -0.2) is 24.7 Å². The van der Waals surface area contributed by atoms with E-state index in [4.69, 9.17) is 4.74 Å². The van der Waals surface area contributed by atoms with E-state index in [0.717, 1.165) is 6.20 Å². The van der Waals surface area contributed by atoms with Crippen LogP contribution < -0.4 is 10.3 Å². The Morgan fingerprint density at radius 3 is 2.65 bits per heavy atom. The highest BCUT2D eigenvalue weighted by Crippen LogP contribution is 2.26. The van der Waals surface area contributed by atoms with E-state index in [9.17, 15) is 18.4 Å². The summed E-state index contributed by atoms with van der Waals surface area (Å²) in [7, 11) is 1.20. The zero-order valence-corrected chi connectivity index (χ0v) is 9.25. The molecule has 0 fully saturated rings. The van der Waals surface area contributed by atoms with E-state index >= 15 is 0 Å². The molecular weight excluding hydrogens is 236 g/mol. The largest absolute Gasteiger partial charge is 0.494 e. The van der Waals surface area contributed by atoms with Crippen molar-refractivity contribution in [2.45, 2.75) is 13.3 Å². The lowest BCUT2D eigenvalue weighted by Crippen LogP contribution is -2.21. The van der Waals surface area contributed by atoms with Crippen molar-refractivity contribution < 1.29 is 23.0 Å². The zero-order chi connectivity index (χ0) is 13.0. The number of rotatable bonds is 4. The van der Waals surface area contributed by atoms with Gasteiger partial charge in [-0.25, -0.2) is 13.6 Å². The second kappa shape index (κ2) is 5.42. The van der Waals surface area contributed by atoms with Gasteiger partial charge in [0.05, 0.1) is 13.7 Å². The molecule has 1 heterocycles. The first-order valence-corrected chi connectivity index (χ1v) is 4.77. The van der Waals surface area contributed by atoms with Gasteiger partial charge in [0.25, 0.3) is 12.0 Å². The molecular formula is C10H11F2NO4. The normalized spacial score (nSPS) is 10.4. The summed E-state index contributed by atoms with van der Waals surface area (Å²) < 4.78 is 34.8. The van der Waals surface area contributed by atoms with Gasteiger partial charge in [-0.1, -0.05) is 0 Å². The molecule has 0 saturated heterocycles. The van der Waals surface area contributed by atoms with Crippen LogP contribution in [0.5, 0.6) is 5.75 Å². The summed E-state index contributed by atoms with van der Waals surface area (Å²) in [6.07, 6.45) is -2.05. The maximum absolute atomic E-state index is 12.7. The topological polar surface area (TPSA) is 68.4 Å². The second-order valence-electron chi connectivity index (χ2n) is 3.00. The van der Waals surface area contributed by atoms with Gasteiger partial charge in [-0.15, -0.1) is 0 Å². The van der Waals surface area contributed by atoms with Gasteiger partial charge in [-0.3, -0.25) is 4.79 Å². The molecule has 0 radical (unpaired) electrons. The smallest absolute Gasteiger partial charge is 0.342 e. The second-order valence-corrected chi connectivity index (χ2v) is 3.00. The van der Waals surface area contributed by atoms with Gasteiger partial charge in [0.1, 0.15) is 16.9 Å². The van der Waals surface area contributed by atoms with Crippen molar-refractivity contribution in [2.75, 3.05) is 13.7 Å². The number of hydrogen-bond donors (Lipinski definition) is 1. The molecule has 0 spiro atoms. The molecule has 1 N–H and O–H groups in total. The van der Waals surface area contributed by atoms with E-state index in [1.54, 1.807) is 0 Å². The number of ether oxygens (including phenoxy) is 2. The van der Waals surface area contributed by atoms with Crippen molar-refractivity contribution in [1.82, 2.24) is 4.98 Å². The van der Waals surface area contributed by atoms with Crippen LogP contribution >= 0.6 is 0 Å². The molecule has 0 aliphatic heterocycles. The standard InChI is InChI=1S/C10H11F2NO4/c1-3-17-10(15)6-5(16-2)4-13-9(14)7(6)8(11)12/h4,8H,3H2,1-2H3,(H,13,14). The van der Waals surface area contributed by atoms with Crippen LogP contribution in [0, 0.1) is 0 Å². The van der Waals surface area contributed by atoms with E-state index < -0.39 is 29.1 Å². The summed E-state index contributed by atoms with van der Waals surface area (Å²) in [5, 5.41) is 0. The highest BCUT2D eigenvalue weighted by atomic mass is 19.3. The fourth-order valence-electron chi connectivity index (χ4n) is 1.31. The van der Waals surface area contributed by atoms with Gasteiger partial charge in [-0.05, 0) is 6.92 Å². The number of aromatic amines is 1. The van der Waals surface area contributed by atoms with Gasteiger partial charge in [0, 0.05) is 6.20 Å². The highest BCUT2D eigenvalue weighted by molar-refractivity contribution is 5.94. The van der Waals surface area contributed by atoms with Crippen LogP contribution in [0.3, 0.4) is 0 Å². The van der Waals surface area contributed by atoms with Crippen molar-refractivity contribution in [1.29, 1.82) is 0 Å². The monoisotopic (exact) mass is 247 g/mol. The average molecular weight is 247 g/mol. The quantitative estimate of drug-likeness (QED) is 0.818. The van der Waals surface area contributed by atoms with Crippen molar-refractivity contribution in [3.05, 3.63) is 27.7 Å². The van der Waals surface area contributed by atoms with Crippen LogP contribution in [0.4, 0.5) is 8.78 Å². The molecule has 1 rings (SSSR count). The minimum Gasteiger partial charge on any atom is -0.494 e. The molecule has 0 amide bonds. The number of alkyl halides is 2. The van der Waals surface area contributed by atoms with Crippen LogP contribution in [0.15, 0.2) is 11.0 Å². The van der Waals surface area contributed by atoms with Gasteiger partial charge < -0.3 is 14.5 Å². The average Bonchev–Trinajstić information content (AvgIpc) is 2.28. The highest BCUT2D eigenvalue weighted by Gasteiger charge is 2.27. The predicted molar refractivity (Wildman–Crippen MR) is 54.5 cm³/mol. The Bertz CT molecular complexity index is 470. The van der Waals surface area contributed by atoms with Crippen LogP contribution in [0.1, 0.15) is 29.3 Å². The summed E-state index contributed by atoms with van der Waals surface area (Å²) in [6.45, 7) is 1.54. The van der Waals surface area contributed by atoms with Crippen molar-refractivity contribution >= 4 is 5.97 Å². The lowest BCUT2D eigenvalue weighted by molar-refractivity contribution is 0.0510. The number of pyridine rings is 1. The maximum Gasteiger partial charge on any atom is 0.342 e. The third kappa shape index (κ3) is 2.61. The Labute approximate surface area is 95.4 Å². The Hall–Kier alpha value is -1.92. The van der Waals surface area contributed by atoms with Crippen molar-refractivity contribution in [2.24, 2.45) is 0 Å². The number of aromatic nitrogens is 1. The fraction of sp³-hybridized carbons (Fsp3) is 0.400. The van der Waals surface area contributed by atoms with Crippen molar-refractivity contribution in [3.63, 3.8) is 0 Å². The molecule has 0 aromatic carbocycles. The Kier molecular flexibility index (Phi) is 4.19. The van der Waals surface area contributed by atoms with E-state index in [1.165, 1.54) is 14.0 Å². The van der Waals surface area contributed by atoms with Crippen molar-refractivity contribution in [3.8, 4) is 5.75 Å². The summed E-state index contributed by atoms with van der Waals surface area (Å²) >= 11 is 0. The number of carbonyl (C=O) groups is 1. The lowest BCUT2D eigenvalue weighted by atomic mass is 10.1. The number of methoxy groups -OCH3 is 1. The lowest BCUT2D eigenvalue weighted by Gasteiger charge is -2.11. The van der Waals surface area contributed by atoms with E-state index in [0.29, 0.717) is 0 Å². The predicted octanol–water partition coefficient (Wildman–Crippen LogP) is 1.50. The van der Waals surface area contributed by atoms with E-state index in [-0.39, 0.29) is 12.4 Å². The van der Waals surface area contributed by atoms with E-state index in [2.05, 4.69) is 9.72 Å². The summed E-state index contributed by atoms with van der Waals surface area (Å²) in [5.74, 6) is -1.16. The van der Waals surface area contributed by atoms with Crippen LogP contribution in [-0.2, 0) is 4.74 Å². The molecule has 17 heavy (non-hydrogen) atoms. The third-order valence-corrected chi connectivity index (χ3v) is 2.01. The summed E-state index contributed by atoms with van der Waals surface area (Å²) in [6, 6.07) is 0. The zero-order valence-electron chi connectivity index (χ0n) is 9.25. The van der Waals surface area contributed by atoms with Gasteiger partial charge in [-0.2, -0.15) is 0 Å². The first-order chi connectivity index (χ1) is 8.02. The first-order valence-electron chi connectivity index (χ1n) is 4.77. The van der Waals surface area contributed by atoms with Gasteiger partial charge >= 0.3 is 5.97 Å². The van der Waals surface area contributed by atoms with Gasteiger partial charge in [0.2, 0.25) is 0 Å². The number of halogens is 2. The number of nitrogens with one attached hydrogen (secondary N) is 1. The first kappa shape index (κ1) is 13.1. The molecule has 1 aromatic rings. The molecule has 7 heteroatoms. The molecule has 0 aliphatic rings. The number of carbonyl (C=O) groups excluding carboxylic acids is 1. The van der Waals surface area contributed by atoms with Crippen LogP contribution in [0.25, 0.3) is 0 Å². The molecule has 0 atom stereocenters. The maximum atomic E-state index is 12.7. The number of H-pyrrole nitrogens is 1. The molecule has 1 aromatic heterocycles. The minimum atomic E-state index is -3.09. The molecule has 5 nitrogen and oxygen atoms in total. The van der Waals surface area contributed by atoms with Crippen LogP contribution in [0.2, 0.25) is 0 Å². The summed E-state index contributed by atoms with van der Waals surface area (Å²) in [4.78, 5) is 24.8. The number of hydrogen-bond acceptors (Lipinski definition) is 4. The minimum absolute atomic E-state index is 0.0114. The fourth-order valence-corrected chi connectivity index (χ4v) is 1.31. The molecule has 0 saturated carbocycles.